The lowest BCUT2D eigenvalue weighted by molar-refractivity contribution is 0.642. The maximum absolute atomic E-state index is 10.8. The number of rotatable bonds is 6. The van der Waals surface area contributed by atoms with E-state index in [0.717, 1.165) is 25.4 Å². The Kier molecular flexibility index (Phi) is 4.90. The van der Waals surface area contributed by atoms with Crippen molar-refractivity contribution in [2.24, 2.45) is 0 Å². The van der Waals surface area contributed by atoms with E-state index in [1.807, 2.05) is 0 Å². The second kappa shape index (κ2) is 5.98. The van der Waals surface area contributed by atoms with Gasteiger partial charge in [0.05, 0.1) is 0 Å². The zero-order valence-electron chi connectivity index (χ0n) is 8.82. The van der Waals surface area contributed by atoms with E-state index >= 15 is 0 Å². The molecule has 80 valence electrons. The van der Waals surface area contributed by atoms with Crippen molar-refractivity contribution in [3.8, 4) is 0 Å². The van der Waals surface area contributed by atoms with Crippen LogP contribution in [0.2, 0.25) is 0 Å². The largest absolute Gasteiger partial charge is 0.351 e. The molecular formula is C10H18N2OS. The van der Waals surface area contributed by atoms with Gasteiger partial charge in [-0.15, -0.1) is 0 Å². The van der Waals surface area contributed by atoms with Crippen LogP contribution in [0.5, 0.6) is 0 Å². The molecule has 1 aromatic heterocycles. The molecule has 1 aromatic rings. The van der Waals surface area contributed by atoms with E-state index in [1.165, 1.54) is 5.69 Å². The SMILES string of the molecule is CCn1cccc1CNCCS(C)=O. The number of aryl methyl sites for hydroxylation is 1. The molecule has 0 aromatic carbocycles. The number of hydrogen-bond acceptors (Lipinski definition) is 2. The van der Waals surface area contributed by atoms with E-state index < -0.39 is 10.8 Å². The summed E-state index contributed by atoms with van der Waals surface area (Å²) in [5.41, 5.74) is 1.29. The first-order valence-electron chi connectivity index (χ1n) is 4.88. The minimum atomic E-state index is -0.690. The van der Waals surface area contributed by atoms with Gasteiger partial charge >= 0.3 is 0 Å². The fourth-order valence-electron chi connectivity index (χ4n) is 1.35. The molecule has 1 heterocycles. The molecule has 1 atom stereocenters. The molecule has 0 radical (unpaired) electrons. The van der Waals surface area contributed by atoms with Crippen LogP contribution < -0.4 is 5.32 Å². The van der Waals surface area contributed by atoms with Gasteiger partial charge in [-0.1, -0.05) is 0 Å². The molecule has 0 aliphatic carbocycles. The molecule has 0 saturated heterocycles. The van der Waals surface area contributed by atoms with Crippen molar-refractivity contribution < 1.29 is 4.21 Å². The number of aromatic nitrogens is 1. The van der Waals surface area contributed by atoms with Crippen molar-refractivity contribution in [1.82, 2.24) is 9.88 Å². The lowest BCUT2D eigenvalue weighted by Gasteiger charge is -2.07. The number of hydrogen-bond donors (Lipinski definition) is 1. The van der Waals surface area contributed by atoms with Crippen LogP contribution in [0.15, 0.2) is 18.3 Å². The first kappa shape index (κ1) is 11.5. The third-order valence-corrected chi connectivity index (χ3v) is 2.92. The summed E-state index contributed by atoms with van der Waals surface area (Å²) in [5, 5.41) is 3.28. The topological polar surface area (TPSA) is 34.0 Å². The van der Waals surface area contributed by atoms with Gasteiger partial charge in [0.25, 0.3) is 0 Å². The summed E-state index contributed by atoms with van der Waals surface area (Å²) in [6.45, 7) is 4.81. The molecular weight excluding hydrogens is 196 g/mol. The van der Waals surface area contributed by atoms with E-state index in [-0.39, 0.29) is 0 Å². The third-order valence-electron chi connectivity index (χ3n) is 2.14. The maximum Gasteiger partial charge on any atom is 0.0359 e. The second-order valence-corrected chi connectivity index (χ2v) is 4.79. The minimum Gasteiger partial charge on any atom is -0.351 e. The van der Waals surface area contributed by atoms with Crippen molar-refractivity contribution in [1.29, 1.82) is 0 Å². The zero-order chi connectivity index (χ0) is 10.4. The van der Waals surface area contributed by atoms with Crippen molar-refractivity contribution in [2.75, 3.05) is 18.6 Å². The minimum absolute atomic E-state index is 0.690. The molecule has 1 rings (SSSR count). The summed E-state index contributed by atoms with van der Waals surface area (Å²) in [5.74, 6) is 0.729. The quantitative estimate of drug-likeness (QED) is 0.716. The molecule has 1 N–H and O–H groups in total. The molecule has 0 fully saturated rings. The van der Waals surface area contributed by atoms with Crippen LogP contribution in [0.1, 0.15) is 12.6 Å². The zero-order valence-corrected chi connectivity index (χ0v) is 9.64. The lowest BCUT2D eigenvalue weighted by Crippen LogP contribution is -2.21. The van der Waals surface area contributed by atoms with Crippen LogP contribution in [-0.2, 0) is 23.9 Å². The molecule has 4 heteroatoms. The van der Waals surface area contributed by atoms with Gasteiger partial charge < -0.3 is 9.88 Å². The maximum atomic E-state index is 10.8. The van der Waals surface area contributed by atoms with E-state index in [4.69, 9.17) is 0 Å². The predicted molar refractivity (Wildman–Crippen MR) is 60.7 cm³/mol. The Labute approximate surface area is 88.0 Å². The summed E-state index contributed by atoms with van der Waals surface area (Å²) < 4.78 is 13.0. The molecule has 0 spiro atoms. The Morgan fingerprint density at radius 1 is 1.57 bits per heavy atom. The van der Waals surface area contributed by atoms with Gasteiger partial charge in [-0.2, -0.15) is 0 Å². The average molecular weight is 214 g/mol. The molecule has 0 bridgehead atoms. The van der Waals surface area contributed by atoms with Crippen molar-refractivity contribution in [3.05, 3.63) is 24.0 Å². The van der Waals surface area contributed by atoms with E-state index in [1.54, 1.807) is 6.26 Å². The molecule has 1 unspecified atom stereocenters. The number of nitrogens with one attached hydrogen (secondary N) is 1. The Morgan fingerprint density at radius 3 is 3.00 bits per heavy atom. The highest BCUT2D eigenvalue weighted by molar-refractivity contribution is 7.84. The van der Waals surface area contributed by atoms with Gasteiger partial charge in [-0.05, 0) is 19.1 Å². The highest BCUT2D eigenvalue weighted by atomic mass is 32.2. The summed E-state index contributed by atoms with van der Waals surface area (Å²) in [7, 11) is -0.690. The van der Waals surface area contributed by atoms with Crippen molar-refractivity contribution in [3.63, 3.8) is 0 Å². The molecule has 0 saturated carbocycles. The van der Waals surface area contributed by atoms with Crippen LogP contribution in [0.25, 0.3) is 0 Å². The molecule has 0 aliphatic rings. The van der Waals surface area contributed by atoms with E-state index in [0.29, 0.717) is 0 Å². The number of nitrogens with zero attached hydrogens (tertiary/aromatic N) is 1. The normalized spacial score (nSPS) is 13.0. The van der Waals surface area contributed by atoms with Gasteiger partial charge in [0.15, 0.2) is 0 Å². The highest BCUT2D eigenvalue weighted by Crippen LogP contribution is 2.00. The standard InChI is InChI=1S/C10H18N2OS/c1-3-12-7-4-5-10(12)9-11-6-8-14(2)13/h4-5,7,11H,3,6,8-9H2,1-2H3. The Balaban J connectivity index is 2.27. The molecule has 0 aliphatic heterocycles. The van der Waals surface area contributed by atoms with Crippen LogP contribution in [-0.4, -0.2) is 27.3 Å². The average Bonchev–Trinajstić information content (AvgIpc) is 2.59. The van der Waals surface area contributed by atoms with Crippen molar-refractivity contribution >= 4 is 10.8 Å². The summed E-state index contributed by atoms with van der Waals surface area (Å²) in [4.78, 5) is 0. The predicted octanol–water partition coefficient (Wildman–Crippen LogP) is 0.976. The Bertz CT molecular complexity index is 296. The van der Waals surface area contributed by atoms with E-state index in [9.17, 15) is 4.21 Å². The van der Waals surface area contributed by atoms with Gasteiger partial charge in [-0.25, -0.2) is 0 Å². The van der Waals surface area contributed by atoms with Crippen LogP contribution in [0, 0.1) is 0 Å². The molecule has 3 nitrogen and oxygen atoms in total. The van der Waals surface area contributed by atoms with Crippen molar-refractivity contribution in [2.45, 2.75) is 20.0 Å². The summed E-state index contributed by atoms with van der Waals surface area (Å²) in [6, 6.07) is 4.16. The fraction of sp³-hybridized carbons (Fsp3) is 0.600. The second-order valence-electron chi connectivity index (χ2n) is 3.24. The third kappa shape index (κ3) is 3.64. The monoisotopic (exact) mass is 214 g/mol. The van der Waals surface area contributed by atoms with Crippen LogP contribution in [0.4, 0.5) is 0 Å². The van der Waals surface area contributed by atoms with Crippen LogP contribution >= 0.6 is 0 Å². The van der Waals surface area contributed by atoms with Crippen LogP contribution in [0.3, 0.4) is 0 Å². The molecule has 0 amide bonds. The highest BCUT2D eigenvalue weighted by Gasteiger charge is 1.98. The van der Waals surface area contributed by atoms with Gasteiger partial charge in [-0.3, -0.25) is 4.21 Å². The summed E-state index contributed by atoms with van der Waals surface area (Å²) >= 11 is 0. The summed E-state index contributed by atoms with van der Waals surface area (Å²) in [6.07, 6.45) is 3.81. The van der Waals surface area contributed by atoms with Gasteiger partial charge in [0, 0.05) is 54.3 Å². The molecule has 14 heavy (non-hydrogen) atoms. The van der Waals surface area contributed by atoms with Gasteiger partial charge in [0.1, 0.15) is 0 Å². The van der Waals surface area contributed by atoms with E-state index in [2.05, 4.69) is 35.1 Å². The lowest BCUT2D eigenvalue weighted by atomic mass is 10.4. The Morgan fingerprint density at radius 2 is 2.36 bits per heavy atom. The van der Waals surface area contributed by atoms with Gasteiger partial charge in [0.2, 0.25) is 0 Å². The fourth-order valence-corrected chi connectivity index (χ4v) is 1.78. The first-order chi connectivity index (χ1) is 6.74. The smallest absolute Gasteiger partial charge is 0.0359 e. The Hall–Kier alpha value is -0.610. The first-order valence-corrected chi connectivity index (χ1v) is 6.61.